The van der Waals surface area contributed by atoms with Crippen LogP contribution in [-0.4, -0.2) is 67.4 Å². The van der Waals surface area contributed by atoms with Gasteiger partial charge in [-0.05, 0) is 43.9 Å². The number of aliphatic imine (C=N–C) groups is 1. The molecule has 1 aliphatic rings. The smallest absolute Gasteiger partial charge is 0.191 e. The number of methoxy groups -OCH3 is 1. The Bertz CT molecular complexity index is 837. The highest BCUT2D eigenvalue weighted by Crippen LogP contribution is 2.12. The lowest BCUT2D eigenvalue weighted by molar-refractivity contribution is 0.0888. The van der Waals surface area contributed by atoms with Crippen molar-refractivity contribution in [3.05, 3.63) is 41.5 Å². The van der Waals surface area contributed by atoms with Crippen LogP contribution in [-0.2, 0) is 29.5 Å². The van der Waals surface area contributed by atoms with Crippen molar-refractivity contribution in [3.8, 4) is 5.75 Å². The van der Waals surface area contributed by atoms with E-state index in [9.17, 15) is 0 Å². The molecule has 0 aliphatic carbocycles. The number of halogens is 1. The minimum absolute atomic E-state index is 0. The van der Waals surface area contributed by atoms with Crippen molar-refractivity contribution in [2.24, 2.45) is 18.0 Å². The Morgan fingerprint density at radius 3 is 2.67 bits per heavy atom. The van der Waals surface area contributed by atoms with E-state index in [0.717, 1.165) is 82.1 Å². The zero-order valence-corrected chi connectivity index (χ0v) is 22.2. The third kappa shape index (κ3) is 9.46. The van der Waals surface area contributed by atoms with E-state index in [1.807, 2.05) is 30.7 Å². The van der Waals surface area contributed by atoms with Crippen LogP contribution < -0.4 is 15.4 Å². The van der Waals surface area contributed by atoms with Crippen LogP contribution >= 0.6 is 24.0 Å². The average Bonchev–Trinajstić information content (AvgIpc) is 3.44. The van der Waals surface area contributed by atoms with Gasteiger partial charge in [0.1, 0.15) is 18.1 Å². The Hall–Kier alpha value is -1.92. The molecule has 1 saturated heterocycles. The van der Waals surface area contributed by atoms with E-state index in [2.05, 4.69) is 33.0 Å². The Morgan fingerprint density at radius 2 is 2.00 bits per heavy atom. The van der Waals surface area contributed by atoms with Gasteiger partial charge >= 0.3 is 0 Å². The summed E-state index contributed by atoms with van der Waals surface area (Å²) >= 11 is 0. The van der Waals surface area contributed by atoms with Crippen molar-refractivity contribution < 1.29 is 14.2 Å². The molecule has 1 aliphatic heterocycles. The summed E-state index contributed by atoms with van der Waals surface area (Å²) in [5, 5.41) is 15.1. The molecule has 0 spiro atoms. The van der Waals surface area contributed by atoms with Gasteiger partial charge in [0.25, 0.3) is 0 Å². The van der Waals surface area contributed by atoms with E-state index in [4.69, 9.17) is 19.2 Å². The van der Waals surface area contributed by atoms with Crippen LogP contribution in [0.4, 0.5) is 0 Å². The molecule has 184 valence electrons. The molecule has 2 N–H and O–H groups in total. The van der Waals surface area contributed by atoms with Crippen molar-refractivity contribution in [2.75, 3.05) is 46.6 Å². The number of guanidine groups is 1. The molecular weight excluding hydrogens is 535 g/mol. The molecule has 1 atom stereocenters. The summed E-state index contributed by atoms with van der Waals surface area (Å²) in [6, 6.07) is 8.13. The molecular formula is C23H37IN6O3. The predicted octanol–water partition coefficient (Wildman–Crippen LogP) is 2.47. The van der Waals surface area contributed by atoms with Crippen molar-refractivity contribution in [3.63, 3.8) is 0 Å². The molecule has 0 amide bonds. The zero-order valence-electron chi connectivity index (χ0n) is 19.9. The van der Waals surface area contributed by atoms with E-state index in [-0.39, 0.29) is 24.0 Å². The molecule has 2 aromatic rings. The largest absolute Gasteiger partial charge is 0.497 e. The van der Waals surface area contributed by atoms with Crippen LogP contribution in [0.25, 0.3) is 0 Å². The van der Waals surface area contributed by atoms with Gasteiger partial charge in [0.15, 0.2) is 11.8 Å². The molecule has 1 aromatic carbocycles. The predicted molar refractivity (Wildman–Crippen MR) is 139 cm³/mol. The number of nitrogens with one attached hydrogen (secondary N) is 2. The molecule has 33 heavy (non-hydrogen) atoms. The number of nitrogens with zero attached hydrogens (tertiary/aromatic N) is 4. The van der Waals surface area contributed by atoms with E-state index < -0.39 is 0 Å². The van der Waals surface area contributed by atoms with Crippen LogP contribution in [0.5, 0.6) is 5.75 Å². The number of aromatic nitrogens is 3. The second kappa shape index (κ2) is 15.1. The fraction of sp³-hybridized carbons (Fsp3) is 0.609. The second-order valence-corrected chi connectivity index (χ2v) is 8.00. The lowest BCUT2D eigenvalue weighted by atomic mass is 10.1. The number of aryl methyl sites for hydroxylation is 1. The van der Waals surface area contributed by atoms with Gasteiger partial charge in [-0.15, -0.1) is 34.2 Å². The van der Waals surface area contributed by atoms with Crippen molar-refractivity contribution in [2.45, 2.75) is 32.7 Å². The van der Waals surface area contributed by atoms with Gasteiger partial charge in [0, 0.05) is 39.3 Å². The quantitative estimate of drug-likeness (QED) is 0.175. The van der Waals surface area contributed by atoms with Crippen LogP contribution in [0.2, 0.25) is 0 Å². The van der Waals surface area contributed by atoms with Crippen LogP contribution in [0.15, 0.2) is 29.3 Å². The van der Waals surface area contributed by atoms with Crippen molar-refractivity contribution in [1.29, 1.82) is 0 Å². The highest BCUT2D eigenvalue weighted by Gasteiger charge is 2.15. The fourth-order valence-corrected chi connectivity index (χ4v) is 3.38. The normalized spacial score (nSPS) is 15.8. The first-order chi connectivity index (χ1) is 15.7. The third-order valence-corrected chi connectivity index (χ3v) is 5.56. The maximum atomic E-state index is 5.79. The number of hydrogen-bond donors (Lipinski definition) is 2. The molecule has 10 heteroatoms. The van der Waals surface area contributed by atoms with Crippen LogP contribution in [0.1, 0.15) is 30.1 Å². The first kappa shape index (κ1) is 27.3. The summed E-state index contributed by atoms with van der Waals surface area (Å²) in [4.78, 5) is 4.70. The highest BCUT2D eigenvalue weighted by molar-refractivity contribution is 14.0. The molecule has 3 rings (SSSR count). The third-order valence-electron chi connectivity index (χ3n) is 5.56. The number of hydrogen-bond acceptors (Lipinski definition) is 6. The molecule has 0 bridgehead atoms. The molecule has 0 saturated carbocycles. The van der Waals surface area contributed by atoms with Gasteiger partial charge in [-0.1, -0.05) is 12.1 Å². The van der Waals surface area contributed by atoms with Crippen LogP contribution in [0.3, 0.4) is 0 Å². The highest BCUT2D eigenvalue weighted by atomic mass is 127. The monoisotopic (exact) mass is 572 g/mol. The minimum atomic E-state index is 0. The van der Waals surface area contributed by atoms with Gasteiger partial charge in [-0.3, -0.25) is 0 Å². The van der Waals surface area contributed by atoms with Gasteiger partial charge in [-0.25, -0.2) is 4.99 Å². The Labute approximate surface area is 213 Å². The van der Waals surface area contributed by atoms with E-state index in [1.54, 1.807) is 7.11 Å². The lowest BCUT2D eigenvalue weighted by Gasteiger charge is -2.13. The SMILES string of the molecule is COc1ccc(CCNC(=NCc2nnc(C)n2C)NCCCOCC2CCOC2)cc1.I. The van der Waals surface area contributed by atoms with Gasteiger partial charge in [0.05, 0.1) is 20.3 Å². The minimum Gasteiger partial charge on any atom is -0.497 e. The first-order valence-corrected chi connectivity index (χ1v) is 11.3. The maximum Gasteiger partial charge on any atom is 0.191 e. The van der Waals surface area contributed by atoms with Gasteiger partial charge < -0.3 is 29.4 Å². The topological polar surface area (TPSA) is 94.8 Å². The van der Waals surface area contributed by atoms with Crippen molar-refractivity contribution >= 4 is 29.9 Å². The Kier molecular flexibility index (Phi) is 12.5. The summed E-state index contributed by atoms with van der Waals surface area (Å²) < 4.78 is 18.4. The molecule has 1 unspecified atom stereocenters. The molecule has 2 heterocycles. The number of rotatable bonds is 12. The summed E-state index contributed by atoms with van der Waals surface area (Å²) in [5.74, 6) is 3.90. The maximum absolute atomic E-state index is 5.79. The van der Waals surface area contributed by atoms with E-state index >= 15 is 0 Å². The standard InChI is InChI=1S/C23H36N6O3.HI/c1-18-27-28-22(29(18)2)15-26-23(24-11-4-13-31-16-20-10-14-32-17-20)25-12-9-19-5-7-21(30-3)8-6-19;/h5-8,20H,4,9-17H2,1-3H3,(H2,24,25,26);1H. The molecule has 9 nitrogen and oxygen atoms in total. The number of benzene rings is 1. The zero-order chi connectivity index (χ0) is 22.6. The number of ether oxygens (including phenoxy) is 3. The Morgan fingerprint density at radius 1 is 1.21 bits per heavy atom. The molecule has 0 radical (unpaired) electrons. The van der Waals surface area contributed by atoms with Gasteiger partial charge in [0.2, 0.25) is 0 Å². The molecule has 1 fully saturated rings. The lowest BCUT2D eigenvalue weighted by Crippen LogP contribution is -2.39. The summed E-state index contributed by atoms with van der Waals surface area (Å²) in [6.45, 7) is 7.16. The summed E-state index contributed by atoms with van der Waals surface area (Å²) in [7, 11) is 3.63. The summed E-state index contributed by atoms with van der Waals surface area (Å²) in [5.41, 5.74) is 1.24. The van der Waals surface area contributed by atoms with Crippen LogP contribution in [0, 0.1) is 12.8 Å². The average molecular weight is 572 g/mol. The first-order valence-electron chi connectivity index (χ1n) is 11.3. The second-order valence-electron chi connectivity index (χ2n) is 8.00. The van der Waals surface area contributed by atoms with E-state index in [0.29, 0.717) is 12.5 Å². The Balaban J connectivity index is 0.00000385. The van der Waals surface area contributed by atoms with Crippen molar-refractivity contribution in [1.82, 2.24) is 25.4 Å². The summed E-state index contributed by atoms with van der Waals surface area (Å²) in [6.07, 6.45) is 2.91. The molecule has 1 aromatic heterocycles. The van der Waals surface area contributed by atoms with E-state index in [1.165, 1.54) is 5.56 Å². The fourth-order valence-electron chi connectivity index (χ4n) is 3.38. The van der Waals surface area contributed by atoms with Gasteiger partial charge in [-0.2, -0.15) is 0 Å².